The first-order valence-corrected chi connectivity index (χ1v) is 12.2. The highest BCUT2D eigenvalue weighted by molar-refractivity contribution is 6.33. The van der Waals surface area contributed by atoms with E-state index in [9.17, 15) is 24.8 Å². The summed E-state index contributed by atoms with van der Waals surface area (Å²) in [5, 5.41) is 28.5. The van der Waals surface area contributed by atoms with Crippen LogP contribution in [-0.4, -0.2) is 58.1 Å². The molecule has 5 rings (SSSR count). The molecule has 0 saturated carbocycles. The van der Waals surface area contributed by atoms with Crippen LogP contribution >= 0.6 is 11.6 Å². The number of anilines is 2. The minimum Gasteiger partial charge on any atom is -0.507 e. The van der Waals surface area contributed by atoms with Gasteiger partial charge in [-0.15, -0.1) is 0 Å². The molecule has 0 bridgehead atoms. The molecule has 1 aliphatic heterocycles. The number of carbonyl (C=O) groups excluding carboxylic acids is 2. The van der Waals surface area contributed by atoms with Crippen molar-refractivity contribution in [2.75, 3.05) is 36.4 Å². The van der Waals surface area contributed by atoms with Gasteiger partial charge in [-0.3, -0.25) is 19.7 Å². The Balaban J connectivity index is 1.35. The molecule has 1 saturated heterocycles. The minimum absolute atomic E-state index is 0.000135. The molecule has 3 heterocycles. The highest BCUT2D eigenvalue weighted by Crippen LogP contribution is 2.38. The number of phenols is 1. The van der Waals surface area contributed by atoms with Crippen LogP contribution in [0, 0.1) is 17.0 Å². The summed E-state index contributed by atoms with van der Waals surface area (Å²) in [4.78, 5) is 40.5. The molecule has 0 aliphatic carbocycles. The highest BCUT2D eigenvalue weighted by Gasteiger charge is 2.31. The fourth-order valence-electron chi connectivity index (χ4n) is 4.43. The summed E-state index contributed by atoms with van der Waals surface area (Å²) in [5.41, 5.74) is 0.983. The number of furan rings is 1. The standard InChI is InChI=1S/C26H22ClN5O7/c1-15-23(24(29-39-15)16-5-2-3-6-21(16)33)26(35)31-10-8-30(9-11-31)19-14-18(20(32(36)37)13-17(19)27)28-25(34)22-7-4-12-38-22/h2-7,12-14,33H,8-11H2,1H3,(H,28,34). The molecule has 0 unspecified atom stereocenters. The lowest BCUT2D eigenvalue weighted by Gasteiger charge is -2.36. The SMILES string of the molecule is Cc1onc(-c2ccccc2O)c1C(=O)N1CCN(c2cc(NC(=O)c3ccco3)c([N+](=O)[O-])cc2Cl)CC1. The van der Waals surface area contributed by atoms with Gasteiger partial charge in [-0.05, 0) is 37.3 Å². The van der Waals surface area contributed by atoms with Crippen LogP contribution in [0.5, 0.6) is 5.75 Å². The Bertz CT molecular complexity index is 1560. The van der Waals surface area contributed by atoms with Crippen LogP contribution in [0.1, 0.15) is 26.7 Å². The predicted molar refractivity (Wildman–Crippen MR) is 141 cm³/mol. The van der Waals surface area contributed by atoms with Gasteiger partial charge in [-0.25, -0.2) is 0 Å². The zero-order valence-corrected chi connectivity index (χ0v) is 21.3. The van der Waals surface area contributed by atoms with E-state index in [1.54, 1.807) is 30.0 Å². The van der Waals surface area contributed by atoms with E-state index < -0.39 is 10.8 Å². The number of nitrogens with zero attached hydrogens (tertiary/aromatic N) is 4. The van der Waals surface area contributed by atoms with Crippen molar-refractivity contribution in [3.8, 4) is 17.0 Å². The Morgan fingerprint density at radius 2 is 1.87 bits per heavy atom. The average Bonchev–Trinajstić information content (AvgIpc) is 3.60. The average molecular weight is 552 g/mol. The van der Waals surface area contributed by atoms with Crippen LogP contribution < -0.4 is 10.2 Å². The third kappa shape index (κ3) is 5.01. The summed E-state index contributed by atoms with van der Waals surface area (Å²) in [6.45, 7) is 2.99. The van der Waals surface area contributed by atoms with Crippen LogP contribution in [0.15, 0.2) is 63.7 Å². The van der Waals surface area contributed by atoms with Crippen molar-refractivity contribution in [1.29, 1.82) is 0 Å². The molecule has 39 heavy (non-hydrogen) atoms. The zero-order valence-electron chi connectivity index (χ0n) is 20.6. The number of halogens is 1. The fraction of sp³-hybridized carbons (Fsp3) is 0.192. The molecule has 200 valence electrons. The maximum atomic E-state index is 13.5. The number of nitrogens with one attached hydrogen (secondary N) is 1. The van der Waals surface area contributed by atoms with Crippen molar-refractivity contribution >= 4 is 40.5 Å². The van der Waals surface area contributed by atoms with E-state index in [0.717, 1.165) is 0 Å². The van der Waals surface area contributed by atoms with E-state index in [1.165, 1.54) is 36.6 Å². The Labute approximate surface area is 226 Å². The number of hydrogen-bond donors (Lipinski definition) is 2. The lowest BCUT2D eigenvalue weighted by Crippen LogP contribution is -2.49. The first-order valence-electron chi connectivity index (χ1n) is 11.9. The number of hydrogen-bond acceptors (Lipinski definition) is 9. The normalized spacial score (nSPS) is 13.4. The summed E-state index contributed by atoms with van der Waals surface area (Å²) < 4.78 is 10.4. The molecule has 12 nitrogen and oxygen atoms in total. The number of nitro benzene ring substituents is 1. The Kier molecular flexibility index (Phi) is 6.94. The monoisotopic (exact) mass is 551 g/mol. The van der Waals surface area contributed by atoms with Crippen LogP contribution in [-0.2, 0) is 0 Å². The maximum absolute atomic E-state index is 13.5. The molecule has 1 fully saturated rings. The topological polar surface area (TPSA) is 155 Å². The molecule has 0 radical (unpaired) electrons. The molecular weight excluding hydrogens is 530 g/mol. The molecule has 2 amide bonds. The van der Waals surface area contributed by atoms with Gasteiger partial charge in [0, 0.05) is 37.8 Å². The second-order valence-corrected chi connectivity index (χ2v) is 9.18. The van der Waals surface area contributed by atoms with Crippen molar-refractivity contribution in [2.24, 2.45) is 0 Å². The van der Waals surface area contributed by atoms with Crippen LogP contribution in [0.4, 0.5) is 17.1 Å². The molecular formula is C26H22ClN5O7. The lowest BCUT2D eigenvalue weighted by atomic mass is 10.0. The van der Waals surface area contributed by atoms with E-state index >= 15 is 0 Å². The van der Waals surface area contributed by atoms with E-state index in [4.69, 9.17) is 20.5 Å². The second kappa shape index (κ2) is 10.5. The first-order chi connectivity index (χ1) is 18.7. The van der Waals surface area contributed by atoms with Crippen molar-refractivity contribution in [3.63, 3.8) is 0 Å². The molecule has 1 aliphatic rings. The molecule has 4 aromatic rings. The number of para-hydroxylation sites is 1. The van der Waals surface area contributed by atoms with Gasteiger partial charge in [0.25, 0.3) is 17.5 Å². The number of nitro groups is 1. The number of aryl methyl sites for hydroxylation is 1. The number of phenolic OH excluding ortho intramolecular Hbond substituents is 1. The summed E-state index contributed by atoms with van der Waals surface area (Å²) in [6.07, 6.45) is 1.32. The van der Waals surface area contributed by atoms with Gasteiger partial charge < -0.3 is 29.2 Å². The minimum atomic E-state index is -0.642. The van der Waals surface area contributed by atoms with Gasteiger partial charge in [-0.1, -0.05) is 28.9 Å². The molecule has 2 aromatic carbocycles. The molecule has 0 spiro atoms. The van der Waals surface area contributed by atoms with Gasteiger partial charge in [0.1, 0.15) is 28.5 Å². The quantitative estimate of drug-likeness (QED) is 0.255. The van der Waals surface area contributed by atoms with Crippen molar-refractivity contribution in [2.45, 2.75) is 6.92 Å². The van der Waals surface area contributed by atoms with E-state index in [1.807, 2.05) is 4.90 Å². The Morgan fingerprint density at radius 1 is 1.13 bits per heavy atom. The van der Waals surface area contributed by atoms with Gasteiger partial charge in [0.2, 0.25) is 0 Å². The van der Waals surface area contributed by atoms with Gasteiger partial charge in [0.15, 0.2) is 5.76 Å². The van der Waals surface area contributed by atoms with Crippen molar-refractivity contribution < 1.29 is 28.6 Å². The van der Waals surface area contributed by atoms with Crippen LogP contribution in [0.2, 0.25) is 5.02 Å². The Morgan fingerprint density at radius 3 is 2.54 bits per heavy atom. The summed E-state index contributed by atoms with van der Waals surface area (Å²) in [5.74, 6) is -0.632. The van der Waals surface area contributed by atoms with Crippen molar-refractivity contribution in [3.05, 3.63) is 87.0 Å². The van der Waals surface area contributed by atoms with E-state index in [2.05, 4.69) is 10.5 Å². The number of carbonyl (C=O) groups is 2. The summed E-state index contributed by atoms with van der Waals surface area (Å²) >= 11 is 6.42. The van der Waals surface area contributed by atoms with E-state index in [-0.39, 0.29) is 45.1 Å². The number of aromatic nitrogens is 1. The van der Waals surface area contributed by atoms with Crippen LogP contribution in [0.25, 0.3) is 11.3 Å². The van der Waals surface area contributed by atoms with Crippen LogP contribution in [0.3, 0.4) is 0 Å². The van der Waals surface area contributed by atoms with Gasteiger partial charge in [0.05, 0.1) is 21.9 Å². The number of piperazine rings is 1. The number of rotatable bonds is 6. The number of aromatic hydroxyl groups is 1. The summed E-state index contributed by atoms with van der Waals surface area (Å²) in [7, 11) is 0. The zero-order chi connectivity index (χ0) is 27.7. The smallest absolute Gasteiger partial charge is 0.294 e. The molecule has 2 aromatic heterocycles. The summed E-state index contributed by atoms with van der Waals surface area (Å²) in [6, 6.07) is 12.2. The number of amides is 2. The molecule has 2 N–H and O–H groups in total. The largest absolute Gasteiger partial charge is 0.507 e. The third-order valence-electron chi connectivity index (χ3n) is 6.40. The lowest BCUT2D eigenvalue weighted by molar-refractivity contribution is -0.383. The second-order valence-electron chi connectivity index (χ2n) is 8.77. The third-order valence-corrected chi connectivity index (χ3v) is 6.70. The van der Waals surface area contributed by atoms with Crippen molar-refractivity contribution in [1.82, 2.24) is 10.1 Å². The predicted octanol–water partition coefficient (Wildman–Crippen LogP) is 4.72. The maximum Gasteiger partial charge on any atom is 0.294 e. The highest BCUT2D eigenvalue weighted by atomic mass is 35.5. The fourth-order valence-corrected chi connectivity index (χ4v) is 4.70. The first kappa shape index (κ1) is 25.8. The number of benzene rings is 2. The van der Waals surface area contributed by atoms with E-state index in [0.29, 0.717) is 43.2 Å². The Hall–Kier alpha value is -4.84. The van der Waals surface area contributed by atoms with Gasteiger partial charge >= 0.3 is 0 Å². The molecule has 13 heteroatoms. The van der Waals surface area contributed by atoms with Gasteiger partial charge in [-0.2, -0.15) is 0 Å². The molecule has 0 atom stereocenters.